The van der Waals surface area contributed by atoms with Gasteiger partial charge < -0.3 is 5.11 Å². The zero-order valence-corrected chi connectivity index (χ0v) is 9.60. The molecule has 0 aromatic heterocycles. The van der Waals surface area contributed by atoms with E-state index < -0.39 is 5.97 Å². The van der Waals surface area contributed by atoms with Crippen molar-refractivity contribution in [3.05, 3.63) is 0 Å². The van der Waals surface area contributed by atoms with E-state index in [9.17, 15) is 4.79 Å². The topological polar surface area (TPSA) is 37.3 Å². The van der Waals surface area contributed by atoms with Gasteiger partial charge >= 0.3 is 5.97 Å². The molecular weight excluding hydrogens is 176 g/mol. The fourth-order valence-electron chi connectivity index (χ4n) is 2.71. The molecule has 2 nitrogen and oxygen atoms in total. The van der Waals surface area contributed by atoms with E-state index >= 15 is 0 Å². The Morgan fingerprint density at radius 3 is 2.07 bits per heavy atom. The number of hydrogen-bond donors (Lipinski definition) is 1. The number of hydrogen-bond acceptors (Lipinski definition) is 1. The van der Waals surface area contributed by atoms with Crippen molar-refractivity contribution < 1.29 is 9.90 Å². The summed E-state index contributed by atoms with van der Waals surface area (Å²) in [5.41, 5.74) is 0.156. The lowest BCUT2D eigenvalue weighted by atomic mass is 9.58. The molecular formula is C12H22O2. The summed E-state index contributed by atoms with van der Waals surface area (Å²) in [5, 5.41) is 8.99. The first-order valence-corrected chi connectivity index (χ1v) is 5.59. The molecule has 0 amide bonds. The van der Waals surface area contributed by atoms with E-state index in [2.05, 4.69) is 20.8 Å². The predicted octanol–water partition coefficient (Wildman–Crippen LogP) is 3.46. The quantitative estimate of drug-likeness (QED) is 0.737. The lowest BCUT2D eigenvalue weighted by Gasteiger charge is -2.47. The minimum Gasteiger partial charge on any atom is -0.481 e. The zero-order valence-electron chi connectivity index (χ0n) is 9.60. The molecule has 1 fully saturated rings. The first kappa shape index (κ1) is 11.5. The molecule has 1 saturated carbocycles. The molecule has 0 aliphatic heterocycles. The van der Waals surface area contributed by atoms with Crippen molar-refractivity contribution in [1.82, 2.24) is 0 Å². The maximum Gasteiger partial charge on any atom is 0.303 e. The number of aliphatic carboxylic acids is 1. The zero-order chi connectivity index (χ0) is 10.8. The van der Waals surface area contributed by atoms with Gasteiger partial charge in [-0.05, 0) is 23.7 Å². The molecule has 82 valence electrons. The van der Waals surface area contributed by atoms with Crippen LogP contribution in [0.2, 0.25) is 0 Å². The van der Waals surface area contributed by atoms with Gasteiger partial charge in [0.05, 0.1) is 6.42 Å². The van der Waals surface area contributed by atoms with E-state index in [0.717, 1.165) is 12.8 Å². The SMILES string of the molecule is CC(C)(C)C1(CC(=O)O)CCCCC1. The molecule has 14 heavy (non-hydrogen) atoms. The molecule has 0 saturated heterocycles. The highest BCUT2D eigenvalue weighted by Gasteiger charge is 2.43. The lowest BCUT2D eigenvalue weighted by molar-refractivity contribution is -0.143. The summed E-state index contributed by atoms with van der Waals surface area (Å²) in [6, 6.07) is 0. The maximum atomic E-state index is 10.9. The molecule has 2 heteroatoms. The van der Waals surface area contributed by atoms with Crippen molar-refractivity contribution in [2.45, 2.75) is 59.3 Å². The van der Waals surface area contributed by atoms with Crippen LogP contribution >= 0.6 is 0 Å². The Balaban J connectivity index is 2.83. The smallest absolute Gasteiger partial charge is 0.303 e. The van der Waals surface area contributed by atoms with Crippen LogP contribution in [0.1, 0.15) is 59.3 Å². The van der Waals surface area contributed by atoms with Gasteiger partial charge in [0.25, 0.3) is 0 Å². The Morgan fingerprint density at radius 1 is 1.21 bits per heavy atom. The van der Waals surface area contributed by atoms with Gasteiger partial charge in [0.2, 0.25) is 0 Å². The summed E-state index contributed by atoms with van der Waals surface area (Å²) >= 11 is 0. The van der Waals surface area contributed by atoms with Crippen LogP contribution in [0.3, 0.4) is 0 Å². The predicted molar refractivity (Wildman–Crippen MR) is 57.2 cm³/mol. The highest BCUT2D eigenvalue weighted by molar-refractivity contribution is 5.67. The van der Waals surface area contributed by atoms with Crippen LogP contribution in [-0.4, -0.2) is 11.1 Å². The average Bonchev–Trinajstić information content (AvgIpc) is 2.02. The number of carbonyl (C=O) groups is 1. The van der Waals surface area contributed by atoms with Crippen LogP contribution in [-0.2, 0) is 4.79 Å². The van der Waals surface area contributed by atoms with Gasteiger partial charge in [-0.1, -0.05) is 40.0 Å². The van der Waals surface area contributed by atoms with Crippen LogP contribution in [0.4, 0.5) is 0 Å². The van der Waals surface area contributed by atoms with E-state index in [1.807, 2.05) is 0 Å². The van der Waals surface area contributed by atoms with Crippen molar-refractivity contribution in [2.75, 3.05) is 0 Å². The van der Waals surface area contributed by atoms with Gasteiger partial charge in [-0.25, -0.2) is 0 Å². The summed E-state index contributed by atoms with van der Waals surface area (Å²) in [5.74, 6) is -0.637. The van der Waals surface area contributed by atoms with Gasteiger partial charge in [0, 0.05) is 0 Å². The number of rotatable bonds is 2. The summed E-state index contributed by atoms with van der Waals surface area (Å²) in [4.78, 5) is 10.9. The molecule has 0 aromatic rings. The van der Waals surface area contributed by atoms with Crippen LogP contribution in [0.5, 0.6) is 0 Å². The first-order valence-electron chi connectivity index (χ1n) is 5.59. The van der Waals surface area contributed by atoms with Gasteiger partial charge in [-0.2, -0.15) is 0 Å². The Hall–Kier alpha value is -0.530. The van der Waals surface area contributed by atoms with Gasteiger partial charge in [-0.3, -0.25) is 4.79 Å². The summed E-state index contributed by atoms with van der Waals surface area (Å²) in [6.07, 6.45) is 6.19. The molecule has 0 unspecified atom stereocenters. The standard InChI is InChI=1S/C12H22O2/c1-11(2,3)12(9-10(13)14)7-5-4-6-8-12/h4-9H2,1-3H3,(H,13,14). The van der Waals surface area contributed by atoms with Crippen LogP contribution in [0, 0.1) is 10.8 Å². The largest absolute Gasteiger partial charge is 0.481 e. The molecule has 1 aliphatic rings. The minimum absolute atomic E-state index is 0.0388. The molecule has 1 rings (SSSR count). The molecule has 1 N–H and O–H groups in total. The molecule has 0 atom stereocenters. The fourth-order valence-corrected chi connectivity index (χ4v) is 2.71. The lowest BCUT2D eigenvalue weighted by Crippen LogP contribution is -2.39. The molecule has 0 radical (unpaired) electrons. The number of carboxylic acids is 1. The Bertz CT molecular complexity index is 207. The van der Waals surface area contributed by atoms with Crippen molar-refractivity contribution in [1.29, 1.82) is 0 Å². The second-order valence-corrected chi connectivity index (χ2v) is 5.66. The molecule has 0 spiro atoms. The van der Waals surface area contributed by atoms with Gasteiger partial charge in [0.15, 0.2) is 0 Å². The molecule has 0 bridgehead atoms. The third-order valence-corrected chi connectivity index (χ3v) is 3.89. The van der Waals surface area contributed by atoms with Gasteiger partial charge in [-0.15, -0.1) is 0 Å². The van der Waals surface area contributed by atoms with Crippen molar-refractivity contribution in [3.8, 4) is 0 Å². The van der Waals surface area contributed by atoms with Crippen LogP contribution in [0.25, 0.3) is 0 Å². The maximum absolute atomic E-state index is 10.9. The summed E-state index contributed by atoms with van der Waals surface area (Å²) in [6.45, 7) is 6.55. The Labute approximate surface area is 86.7 Å². The van der Waals surface area contributed by atoms with E-state index in [0.29, 0.717) is 6.42 Å². The second-order valence-electron chi connectivity index (χ2n) is 5.66. The monoisotopic (exact) mass is 198 g/mol. The van der Waals surface area contributed by atoms with Crippen LogP contribution in [0.15, 0.2) is 0 Å². The van der Waals surface area contributed by atoms with Crippen molar-refractivity contribution in [3.63, 3.8) is 0 Å². The van der Waals surface area contributed by atoms with Crippen LogP contribution < -0.4 is 0 Å². The third kappa shape index (κ3) is 2.28. The number of carboxylic acid groups (broad SMARTS) is 1. The highest BCUT2D eigenvalue weighted by Crippen LogP contribution is 2.51. The molecule has 0 heterocycles. The molecule has 1 aliphatic carbocycles. The Morgan fingerprint density at radius 2 is 1.71 bits per heavy atom. The fraction of sp³-hybridized carbons (Fsp3) is 0.917. The van der Waals surface area contributed by atoms with E-state index in [1.54, 1.807) is 0 Å². The van der Waals surface area contributed by atoms with E-state index in [-0.39, 0.29) is 10.8 Å². The molecule has 0 aromatic carbocycles. The normalized spacial score (nSPS) is 21.9. The summed E-state index contributed by atoms with van der Waals surface area (Å²) in [7, 11) is 0. The second kappa shape index (κ2) is 3.92. The minimum atomic E-state index is -0.637. The van der Waals surface area contributed by atoms with Crippen molar-refractivity contribution >= 4 is 5.97 Å². The van der Waals surface area contributed by atoms with E-state index in [1.165, 1.54) is 19.3 Å². The van der Waals surface area contributed by atoms with E-state index in [4.69, 9.17) is 5.11 Å². The van der Waals surface area contributed by atoms with Gasteiger partial charge in [0.1, 0.15) is 0 Å². The highest BCUT2D eigenvalue weighted by atomic mass is 16.4. The van der Waals surface area contributed by atoms with Crippen molar-refractivity contribution in [2.24, 2.45) is 10.8 Å². The first-order chi connectivity index (χ1) is 6.37. The third-order valence-electron chi connectivity index (χ3n) is 3.89. The summed E-state index contributed by atoms with van der Waals surface area (Å²) < 4.78 is 0. The Kier molecular flexibility index (Phi) is 3.23. The average molecular weight is 198 g/mol.